The van der Waals surface area contributed by atoms with E-state index in [9.17, 15) is 8.78 Å². The van der Waals surface area contributed by atoms with Gasteiger partial charge in [-0.25, -0.2) is 8.78 Å². The molecule has 0 aliphatic rings. The topological polar surface area (TPSA) is 38.0 Å². The van der Waals surface area contributed by atoms with Crippen LogP contribution in [0, 0.1) is 0 Å². The second kappa shape index (κ2) is 8.72. The number of rotatable bonds is 9. The molecule has 0 amide bonds. The molecule has 158 valence electrons. The van der Waals surface area contributed by atoms with Gasteiger partial charge in [-0.3, -0.25) is 0 Å². The van der Waals surface area contributed by atoms with Gasteiger partial charge in [-0.15, -0.1) is 0 Å². The third-order valence-electron chi connectivity index (χ3n) is 5.46. The summed E-state index contributed by atoms with van der Waals surface area (Å²) in [5.41, 5.74) is 8.01. The highest BCUT2D eigenvalue weighted by Gasteiger charge is 2.28. The van der Waals surface area contributed by atoms with Crippen molar-refractivity contribution in [3.8, 4) is 0 Å². The lowest BCUT2D eigenvalue weighted by molar-refractivity contribution is 0.0172. The molecule has 0 saturated carbocycles. The van der Waals surface area contributed by atoms with Gasteiger partial charge in [-0.1, -0.05) is 74.6 Å². The first-order chi connectivity index (χ1) is 13.4. The van der Waals surface area contributed by atoms with Gasteiger partial charge in [-0.05, 0) is 29.0 Å². The Morgan fingerprint density at radius 1 is 1.07 bits per heavy atom. The summed E-state index contributed by atoms with van der Waals surface area (Å²) in [6.07, 6.45) is 0.753. The number of hydrogen-bond donors (Lipinski definition) is 2. The molecular weight excluding hydrogens is 386 g/mol. The lowest BCUT2D eigenvalue weighted by Gasteiger charge is -2.35. The fourth-order valence-corrected chi connectivity index (χ4v) is 4.84. The summed E-state index contributed by atoms with van der Waals surface area (Å²) in [4.78, 5) is 0.779. The SMILES string of the molecule is C=C(NCCC(C)(C)S(=C)(=C)c1cccc(C(C)(F)F)c1)C(N)c1ccccc1. The molecule has 1 unspecified atom stereocenters. The molecule has 29 heavy (non-hydrogen) atoms. The Morgan fingerprint density at radius 3 is 2.28 bits per heavy atom. The average Bonchev–Trinajstić information content (AvgIpc) is 2.67. The van der Waals surface area contributed by atoms with E-state index in [4.69, 9.17) is 5.73 Å². The van der Waals surface area contributed by atoms with Crippen molar-refractivity contribution in [1.82, 2.24) is 5.32 Å². The zero-order valence-electron chi connectivity index (χ0n) is 17.6. The predicted octanol–water partition coefficient (Wildman–Crippen LogP) is 5.80. The minimum atomic E-state index is -2.89. The Morgan fingerprint density at radius 2 is 1.69 bits per heavy atom. The zero-order valence-corrected chi connectivity index (χ0v) is 18.4. The van der Waals surface area contributed by atoms with Crippen molar-refractivity contribution >= 4 is 20.9 Å². The number of halogens is 2. The Hall–Kier alpha value is -2.11. The molecule has 0 aliphatic carbocycles. The van der Waals surface area contributed by atoms with Crippen LogP contribution in [-0.4, -0.2) is 23.0 Å². The highest BCUT2D eigenvalue weighted by molar-refractivity contribution is 8.28. The van der Waals surface area contributed by atoms with E-state index in [1.54, 1.807) is 12.1 Å². The smallest absolute Gasteiger partial charge is 0.270 e. The minimum absolute atomic E-state index is 0.00434. The Bertz CT molecular complexity index is 942. The van der Waals surface area contributed by atoms with Crippen LogP contribution in [0.4, 0.5) is 8.78 Å². The molecule has 2 nitrogen and oxygen atoms in total. The number of nitrogens with two attached hydrogens (primary N) is 1. The van der Waals surface area contributed by atoms with Crippen molar-refractivity contribution in [2.75, 3.05) is 6.54 Å². The standard InChI is InChI=1S/C24H32F2N2S/c1-18(22(27)19-11-8-7-9-12-19)28-16-15-23(2,3)29(5,6)21-14-10-13-20(17-21)24(4,25)26/h7-14,17,22,28H,1,5-6,15-16,27H2,2-4H3. The molecule has 5 heteroatoms. The first-order valence-electron chi connectivity index (χ1n) is 9.57. The van der Waals surface area contributed by atoms with E-state index in [1.165, 1.54) is 6.07 Å². The quantitative estimate of drug-likeness (QED) is 0.505. The maximum Gasteiger partial charge on any atom is 0.270 e. The van der Waals surface area contributed by atoms with Crippen molar-refractivity contribution in [2.24, 2.45) is 5.73 Å². The van der Waals surface area contributed by atoms with Gasteiger partial charge in [0.2, 0.25) is 0 Å². The van der Waals surface area contributed by atoms with E-state index >= 15 is 0 Å². The molecule has 1 atom stereocenters. The van der Waals surface area contributed by atoms with Gasteiger partial charge in [-0.2, -0.15) is 9.21 Å². The van der Waals surface area contributed by atoms with E-state index < -0.39 is 15.1 Å². The van der Waals surface area contributed by atoms with Gasteiger partial charge >= 0.3 is 0 Å². The van der Waals surface area contributed by atoms with E-state index in [0.717, 1.165) is 29.5 Å². The van der Waals surface area contributed by atoms with Crippen molar-refractivity contribution in [2.45, 2.75) is 48.8 Å². The molecule has 0 bridgehead atoms. The normalized spacial score (nSPS) is 13.7. The summed E-state index contributed by atoms with van der Waals surface area (Å²) in [5.74, 6) is 5.85. The first-order valence-corrected chi connectivity index (χ1v) is 11.5. The summed E-state index contributed by atoms with van der Waals surface area (Å²) in [5, 5.41) is 3.31. The molecule has 0 fully saturated rings. The fourth-order valence-electron chi connectivity index (χ4n) is 3.02. The number of hydrogen-bond acceptors (Lipinski definition) is 2. The van der Waals surface area contributed by atoms with Crippen LogP contribution in [0.2, 0.25) is 0 Å². The van der Waals surface area contributed by atoms with Crippen LogP contribution in [0.15, 0.2) is 71.8 Å². The molecule has 0 aliphatic heterocycles. The van der Waals surface area contributed by atoms with Crippen LogP contribution in [0.1, 0.15) is 44.4 Å². The lowest BCUT2D eigenvalue weighted by Crippen LogP contribution is -2.30. The van der Waals surface area contributed by atoms with Crippen LogP contribution in [0.25, 0.3) is 0 Å². The third-order valence-corrected chi connectivity index (χ3v) is 8.94. The molecular formula is C24H32F2N2S. The van der Waals surface area contributed by atoms with Gasteiger partial charge < -0.3 is 11.1 Å². The number of benzene rings is 2. The molecule has 0 aromatic heterocycles. The molecule has 0 saturated heterocycles. The van der Waals surface area contributed by atoms with Crippen LogP contribution >= 0.6 is 9.21 Å². The van der Waals surface area contributed by atoms with Gasteiger partial charge in [0, 0.05) is 29.5 Å². The molecule has 2 rings (SSSR count). The van der Waals surface area contributed by atoms with Crippen LogP contribution in [0.5, 0.6) is 0 Å². The largest absolute Gasteiger partial charge is 0.387 e. The predicted molar refractivity (Wildman–Crippen MR) is 125 cm³/mol. The van der Waals surface area contributed by atoms with Crippen molar-refractivity contribution < 1.29 is 8.78 Å². The monoisotopic (exact) mass is 418 g/mol. The van der Waals surface area contributed by atoms with Crippen molar-refractivity contribution in [3.63, 3.8) is 0 Å². The second-order valence-electron chi connectivity index (χ2n) is 8.15. The molecule has 2 aromatic rings. The van der Waals surface area contributed by atoms with E-state index in [1.807, 2.05) is 36.4 Å². The minimum Gasteiger partial charge on any atom is -0.387 e. The fraction of sp³-hybridized carbons (Fsp3) is 0.333. The Kier molecular flexibility index (Phi) is 6.97. The molecule has 0 spiro atoms. The maximum absolute atomic E-state index is 13.8. The van der Waals surface area contributed by atoms with Gasteiger partial charge in [0.05, 0.1) is 6.04 Å². The number of alkyl halides is 2. The zero-order chi connectivity index (χ0) is 21.9. The van der Waals surface area contributed by atoms with Gasteiger partial charge in [0.15, 0.2) is 0 Å². The second-order valence-corrected chi connectivity index (χ2v) is 11.5. The highest BCUT2D eigenvalue weighted by Crippen LogP contribution is 2.47. The van der Waals surface area contributed by atoms with Crippen LogP contribution in [-0.2, 0) is 5.92 Å². The summed E-state index contributed by atoms with van der Waals surface area (Å²) < 4.78 is 27.2. The van der Waals surface area contributed by atoms with Gasteiger partial charge in [0.1, 0.15) is 0 Å². The number of nitrogens with one attached hydrogen (secondary N) is 1. The van der Waals surface area contributed by atoms with Crippen molar-refractivity contribution in [1.29, 1.82) is 0 Å². The van der Waals surface area contributed by atoms with Crippen molar-refractivity contribution in [3.05, 3.63) is 78.0 Å². The molecule has 0 radical (unpaired) electrons. The summed E-state index contributed by atoms with van der Waals surface area (Å²) in [7, 11) is -1.83. The average molecular weight is 419 g/mol. The molecule has 2 aromatic carbocycles. The molecule has 0 heterocycles. The van der Waals surface area contributed by atoms with Crippen LogP contribution < -0.4 is 11.1 Å². The first kappa shape index (κ1) is 23.2. The van der Waals surface area contributed by atoms with Gasteiger partial charge in [0.25, 0.3) is 5.92 Å². The summed E-state index contributed by atoms with van der Waals surface area (Å²) in [6.45, 7) is 9.79. The van der Waals surface area contributed by atoms with E-state index in [-0.39, 0.29) is 16.4 Å². The van der Waals surface area contributed by atoms with E-state index in [2.05, 4.69) is 37.5 Å². The summed E-state index contributed by atoms with van der Waals surface area (Å²) >= 11 is 0. The summed E-state index contributed by atoms with van der Waals surface area (Å²) in [6, 6.07) is 16.0. The molecule has 3 N–H and O–H groups in total. The highest BCUT2D eigenvalue weighted by atomic mass is 32.2. The lowest BCUT2D eigenvalue weighted by atomic mass is 10.0. The maximum atomic E-state index is 13.8. The third kappa shape index (κ3) is 5.49. The Labute approximate surface area is 174 Å². The Balaban J connectivity index is 2.07. The van der Waals surface area contributed by atoms with Crippen LogP contribution in [0.3, 0.4) is 0 Å². The van der Waals surface area contributed by atoms with E-state index in [0.29, 0.717) is 6.54 Å².